The number of alkyl carbamates (subject to hydrolysis) is 1. The number of imide groups is 1. The number of rotatable bonds is 3. The van der Waals surface area contributed by atoms with Gasteiger partial charge in [-0.05, 0) is 44.9 Å². The monoisotopic (exact) mass is 411 g/mol. The maximum atomic E-state index is 12.8. The standard InChI is InChI=1S/C22H25N3O5/c1-22(2,3)30-21(29)23-12-5-4-7-14-8-6-9-15-16(14)13-25(20(15)28)17-10-11-18(26)24-19(17)27/h6,8-9,17H,5,10-13H2,1-3H3,(H,23,29)(H,24,26,27). The van der Waals surface area contributed by atoms with Crippen LogP contribution in [0, 0.1) is 11.8 Å². The summed E-state index contributed by atoms with van der Waals surface area (Å²) in [6.07, 6.45) is 0.471. The average molecular weight is 411 g/mol. The highest BCUT2D eigenvalue weighted by molar-refractivity contribution is 6.05. The van der Waals surface area contributed by atoms with Crippen LogP contribution in [0.1, 0.15) is 61.5 Å². The molecule has 0 aliphatic carbocycles. The van der Waals surface area contributed by atoms with Crippen molar-refractivity contribution < 1.29 is 23.9 Å². The first kappa shape index (κ1) is 21.4. The maximum absolute atomic E-state index is 12.8. The van der Waals surface area contributed by atoms with Crippen molar-refractivity contribution >= 4 is 23.8 Å². The highest BCUT2D eigenvalue weighted by Gasteiger charge is 2.39. The Kier molecular flexibility index (Phi) is 6.11. The van der Waals surface area contributed by atoms with Crippen LogP contribution >= 0.6 is 0 Å². The first-order valence-corrected chi connectivity index (χ1v) is 9.88. The van der Waals surface area contributed by atoms with E-state index >= 15 is 0 Å². The van der Waals surface area contributed by atoms with Crippen LogP contribution < -0.4 is 10.6 Å². The third kappa shape index (κ3) is 4.98. The van der Waals surface area contributed by atoms with Gasteiger partial charge < -0.3 is 15.0 Å². The van der Waals surface area contributed by atoms with Crippen LogP contribution in [0.3, 0.4) is 0 Å². The Bertz CT molecular complexity index is 952. The summed E-state index contributed by atoms with van der Waals surface area (Å²) in [5, 5.41) is 4.94. The van der Waals surface area contributed by atoms with Crippen LogP contribution in [-0.4, -0.2) is 46.9 Å². The Hall–Kier alpha value is -3.34. The van der Waals surface area contributed by atoms with E-state index in [2.05, 4.69) is 22.5 Å². The highest BCUT2D eigenvalue weighted by Crippen LogP contribution is 2.29. The minimum Gasteiger partial charge on any atom is -0.444 e. The van der Waals surface area contributed by atoms with Gasteiger partial charge >= 0.3 is 6.09 Å². The van der Waals surface area contributed by atoms with Crippen LogP contribution in [0.2, 0.25) is 0 Å². The molecule has 2 N–H and O–H groups in total. The number of piperidine rings is 1. The smallest absolute Gasteiger partial charge is 0.407 e. The summed E-state index contributed by atoms with van der Waals surface area (Å²) in [7, 11) is 0. The molecule has 0 radical (unpaired) electrons. The van der Waals surface area contributed by atoms with Gasteiger partial charge in [-0.2, -0.15) is 0 Å². The van der Waals surface area contributed by atoms with E-state index in [1.807, 2.05) is 6.07 Å². The Morgan fingerprint density at radius 1 is 1.30 bits per heavy atom. The van der Waals surface area contributed by atoms with Crippen molar-refractivity contribution in [3.05, 3.63) is 34.9 Å². The average Bonchev–Trinajstić information content (AvgIpc) is 2.97. The van der Waals surface area contributed by atoms with E-state index in [1.165, 1.54) is 4.90 Å². The summed E-state index contributed by atoms with van der Waals surface area (Å²) in [6.45, 7) is 6.00. The number of ether oxygens (including phenoxy) is 1. The SMILES string of the molecule is CC(C)(C)OC(=O)NCCC#Cc1cccc2c1CN(C1CCC(=O)NC1=O)C2=O. The summed E-state index contributed by atoms with van der Waals surface area (Å²) in [5.74, 6) is 5.08. The molecule has 0 spiro atoms. The van der Waals surface area contributed by atoms with Crippen molar-refractivity contribution in [1.82, 2.24) is 15.5 Å². The van der Waals surface area contributed by atoms with Gasteiger partial charge in [0, 0.05) is 37.1 Å². The third-order valence-corrected chi connectivity index (χ3v) is 4.72. The third-order valence-electron chi connectivity index (χ3n) is 4.72. The molecular formula is C22H25N3O5. The quantitative estimate of drug-likeness (QED) is 0.448. The van der Waals surface area contributed by atoms with Crippen LogP contribution in [0.4, 0.5) is 4.79 Å². The number of hydrogen-bond acceptors (Lipinski definition) is 5. The molecule has 1 fully saturated rings. The first-order chi connectivity index (χ1) is 14.2. The second-order valence-corrected chi connectivity index (χ2v) is 8.21. The fourth-order valence-electron chi connectivity index (χ4n) is 3.40. The Labute approximate surface area is 175 Å². The molecule has 158 valence electrons. The molecule has 0 saturated carbocycles. The van der Waals surface area contributed by atoms with Crippen molar-refractivity contribution in [3.8, 4) is 11.8 Å². The highest BCUT2D eigenvalue weighted by atomic mass is 16.6. The molecule has 1 aromatic rings. The van der Waals surface area contributed by atoms with Crippen molar-refractivity contribution in [2.45, 2.75) is 58.2 Å². The zero-order valence-electron chi connectivity index (χ0n) is 17.3. The molecule has 2 heterocycles. The van der Waals surface area contributed by atoms with Gasteiger partial charge in [-0.25, -0.2) is 4.79 Å². The Balaban J connectivity index is 1.63. The zero-order valence-corrected chi connectivity index (χ0v) is 17.3. The Morgan fingerprint density at radius 3 is 2.77 bits per heavy atom. The molecule has 0 bridgehead atoms. The second kappa shape index (κ2) is 8.57. The summed E-state index contributed by atoms with van der Waals surface area (Å²) < 4.78 is 5.16. The molecule has 1 aromatic carbocycles. The van der Waals surface area contributed by atoms with Gasteiger partial charge in [0.25, 0.3) is 5.91 Å². The van der Waals surface area contributed by atoms with E-state index in [-0.39, 0.29) is 24.8 Å². The number of benzene rings is 1. The number of carbonyl (C=O) groups is 4. The zero-order chi connectivity index (χ0) is 21.9. The summed E-state index contributed by atoms with van der Waals surface area (Å²) >= 11 is 0. The van der Waals surface area contributed by atoms with Gasteiger partial charge in [0.05, 0.1) is 0 Å². The van der Waals surface area contributed by atoms with Gasteiger partial charge in [0.2, 0.25) is 11.8 Å². The molecular weight excluding hydrogens is 386 g/mol. The molecule has 1 unspecified atom stereocenters. The molecule has 4 amide bonds. The lowest BCUT2D eigenvalue weighted by Crippen LogP contribution is -2.52. The number of hydrogen-bond donors (Lipinski definition) is 2. The van der Waals surface area contributed by atoms with Crippen molar-refractivity contribution in [3.63, 3.8) is 0 Å². The second-order valence-electron chi connectivity index (χ2n) is 8.21. The number of nitrogens with zero attached hydrogens (tertiary/aromatic N) is 1. The van der Waals surface area contributed by atoms with Gasteiger partial charge in [0.1, 0.15) is 11.6 Å². The Morgan fingerprint density at radius 2 is 2.07 bits per heavy atom. The molecule has 8 nitrogen and oxygen atoms in total. The van der Waals surface area contributed by atoms with E-state index in [1.54, 1.807) is 32.9 Å². The van der Waals surface area contributed by atoms with Crippen molar-refractivity contribution in [2.24, 2.45) is 0 Å². The van der Waals surface area contributed by atoms with Crippen LogP contribution in [0.15, 0.2) is 18.2 Å². The number of nitrogens with one attached hydrogen (secondary N) is 2. The molecule has 0 aromatic heterocycles. The predicted molar refractivity (Wildman–Crippen MR) is 108 cm³/mol. The fourth-order valence-corrected chi connectivity index (χ4v) is 3.40. The van der Waals surface area contributed by atoms with Crippen LogP contribution in [-0.2, 0) is 20.9 Å². The molecule has 2 aliphatic rings. The van der Waals surface area contributed by atoms with E-state index < -0.39 is 23.6 Å². The lowest BCUT2D eigenvalue weighted by molar-refractivity contribution is -0.136. The minimum atomic E-state index is -0.651. The first-order valence-electron chi connectivity index (χ1n) is 9.88. The maximum Gasteiger partial charge on any atom is 0.407 e. The van der Waals surface area contributed by atoms with Crippen molar-refractivity contribution in [2.75, 3.05) is 6.54 Å². The van der Waals surface area contributed by atoms with Gasteiger partial charge in [0.15, 0.2) is 0 Å². The number of carbonyl (C=O) groups excluding carboxylic acids is 4. The lowest BCUT2D eigenvalue weighted by atomic mass is 10.0. The molecule has 8 heteroatoms. The van der Waals surface area contributed by atoms with E-state index in [4.69, 9.17) is 4.74 Å². The lowest BCUT2D eigenvalue weighted by Gasteiger charge is -2.29. The largest absolute Gasteiger partial charge is 0.444 e. The van der Waals surface area contributed by atoms with Crippen molar-refractivity contribution in [1.29, 1.82) is 0 Å². The topological polar surface area (TPSA) is 105 Å². The molecule has 2 aliphatic heterocycles. The summed E-state index contributed by atoms with van der Waals surface area (Å²) in [4.78, 5) is 49.5. The van der Waals surface area contributed by atoms with Crippen LogP contribution in [0.25, 0.3) is 0 Å². The van der Waals surface area contributed by atoms with Gasteiger partial charge in [-0.15, -0.1) is 0 Å². The number of fused-ring (bicyclic) bond motifs is 1. The van der Waals surface area contributed by atoms with E-state index in [0.29, 0.717) is 30.5 Å². The van der Waals surface area contributed by atoms with E-state index in [9.17, 15) is 19.2 Å². The van der Waals surface area contributed by atoms with Gasteiger partial charge in [-0.3, -0.25) is 19.7 Å². The summed E-state index contributed by atoms with van der Waals surface area (Å²) in [5.41, 5.74) is 1.47. The fraction of sp³-hybridized carbons (Fsp3) is 0.455. The summed E-state index contributed by atoms with van der Waals surface area (Å²) in [6, 6.07) is 4.65. The van der Waals surface area contributed by atoms with Gasteiger partial charge in [-0.1, -0.05) is 17.9 Å². The molecule has 30 heavy (non-hydrogen) atoms. The predicted octanol–water partition coefficient (Wildman–Crippen LogP) is 1.71. The minimum absolute atomic E-state index is 0.216. The van der Waals surface area contributed by atoms with E-state index in [0.717, 1.165) is 5.56 Å². The normalized spacial score (nSPS) is 18.3. The molecule has 1 saturated heterocycles. The molecule has 1 atom stereocenters. The molecule has 3 rings (SSSR count). The number of amides is 4. The van der Waals surface area contributed by atoms with Crippen LogP contribution in [0.5, 0.6) is 0 Å².